The molecule has 0 saturated heterocycles. The minimum absolute atomic E-state index is 0.0276. The van der Waals surface area contributed by atoms with Crippen molar-refractivity contribution in [2.24, 2.45) is 0 Å². The number of hydrogen-bond acceptors (Lipinski definition) is 4. The normalized spacial score (nSPS) is 10.4. The molecular weight excluding hydrogens is 292 g/mol. The van der Waals surface area contributed by atoms with Crippen LogP contribution in [0.1, 0.15) is 15.9 Å². The molecule has 2 aromatic rings. The number of hydrogen-bond donors (Lipinski definition) is 3. The van der Waals surface area contributed by atoms with Crippen molar-refractivity contribution in [1.82, 2.24) is 0 Å². The van der Waals surface area contributed by atoms with Crippen LogP contribution in [0.5, 0.6) is 0 Å². The first-order valence-electron chi connectivity index (χ1n) is 7.59. The van der Waals surface area contributed by atoms with Gasteiger partial charge in [-0.2, -0.15) is 0 Å². The summed E-state index contributed by atoms with van der Waals surface area (Å²) in [6.07, 6.45) is 0. The molecule has 0 atom stereocenters. The van der Waals surface area contributed by atoms with Crippen LogP contribution in [0.15, 0.2) is 48.5 Å². The molecule has 0 aliphatic heterocycles. The summed E-state index contributed by atoms with van der Waals surface area (Å²) in [6.45, 7) is 2.66. The zero-order valence-corrected chi connectivity index (χ0v) is 13.2. The van der Waals surface area contributed by atoms with E-state index in [1.807, 2.05) is 54.3 Å². The standard InChI is InChI=1S/C18H22N2O3/c1-14-5-4-6-15(13-14)18(23)19-16-7-2-3-8-17(16)20(9-11-21)10-12-22/h2-8,13,21-22H,9-12H2,1H3,(H,19,23). The van der Waals surface area contributed by atoms with E-state index in [0.29, 0.717) is 24.3 Å². The van der Waals surface area contributed by atoms with Crippen molar-refractivity contribution < 1.29 is 15.0 Å². The van der Waals surface area contributed by atoms with Crippen LogP contribution in [-0.2, 0) is 0 Å². The quantitative estimate of drug-likeness (QED) is 0.731. The number of para-hydroxylation sites is 2. The van der Waals surface area contributed by atoms with E-state index < -0.39 is 0 Å². The molecular formula is C18H22N2O3. The Morgan fingerprint density at radius 2 is 1.74 bits per heavy atom. The Balaban J connectivity index is 2.24. The highest BCUT2D eigenvalue weighted by molar-refractivity contribution is 6.06. The molecule has 5 nitrogen and oxygen atoms in total. The van der Waals surface area contributed by atoms with Gasteiger partial charge in [0.1, 0.15) is 0 Å². The Bertz CT molecular complexity index is 652. The number of nitrogens with zero attached hydrogens (tertiary/aromatic N) is 1. The summed E-state index contributed by atoms with van der Waals surface area (Å²) in [5.74, 6) is -0.186. The van der Waals surface area contributed by atoms with Crippen LogP contribution >= 0.6 is 0 Å². The Kier molecular flexibility index (Phi) is 6.14. The summed E-state index contributed by atoms with van der Waals surface area (Å²) in [7, 11) is 0. The fourth-order valence-electron chi connectivity index (χ4n) is 2.43. The average Bonchev–Trinajstić information content (AvgIpc) is 2.55. The maximum atomic E-state index is 12.4. The molecule has 122 valence electrons. The summed E-state index contributed by atoms with van der Waals surface area (Å²) >= 11 is 0. The number of carbonyl (C=O) groups excluding carboxylic acids is 1. The number of nitrogens with one attached hydrogen (secondary N) is 1. The average molecular weight is 314 g/mol. The minimum Gasteiger partial charge on any atom is -0.395 e. The summed E-state index contributed by atoms with van der Waals surface area (Å²) in [4.78, 5) is 14.3. The topological polar surface area (TPSA) is 72.8 Å². The van der Waals surface area contributed by atoms with Crippen molar-refractivity contribution in [2.45, 2.75) is 6.92 Å². The summed E-state index contributed by atoms with van der Waals surface area (Å²) in [6, 6.07) is 14.8. The van der Waals surface area contributed by atoms with Gasteiger partial charge in [-0.3, -0.25) is 4.79 Å². The zero-order valence-electron chi connectivity index (χ0n) is 13.2. The zero-order chi connectivity index (χ0) is 16.7. The number of carbonyl (C=O) groups is 1. The second-order valence-corrected chi connectivity index (χ2v) is 5.28. The van der Waals surface area contributed by atoms with Gasteiger partial charge in [-0.05, 0) is 31.2 Å². The molecule has 0 aromatic heterocycles. The Morgan fingerprint density at radius 1 is 1.04 bits per heavy atom. The summed E-state index contributed by atoms with van der Waals surface area (Å²) in [5, 5.41) is 21.3. The lowest BCUT2D eigenvalue weighted by molar-refractivity contribution is 0.102. The molecule has 0 radical (unpaired) electrons. The Hall–Kier alpha value is -2.37. The third kappa shape index (κ3) is 4.55. The van der Waals surface area contributed by atoms with Crippen molar-refractivity contribution >= 4 is 17.3 Å². The third-order valence-electron chi connectivity index (χ3n) is 3.51. The number of aliphatic hydroxyl groups is 2. The molecule has 1 amide bonds. The van der Waals surface area contributed by atoms with Crippen LogP contribution in [0.25, 0.3) is 0 Å². The molecule has 0 heterocycles. The van der Waals surface area contributed by atoms with Gasteiger partial charge in [-0.1, -0.05) is 29.8 Å². The van der Waals surface area contributed by atoms with Gasteiger partial charge in [0.05, 0.1) is 24.6 Å². The van der Waals surface area contributed by atoms with Crippen molar-refractivity contribution in [3.05, 3.63) is 59.7 Å². The maximum Gasteiger partial charge on any atom is 0.255 e. The lowest BCUT2D eigenvalue weighted by Crippen LogP contribution is -2.30. The highest BCUT2D eigenvalue weighted by Crippen LogP contribution is 2.26. The molecule has 2 rings (SSSR count). The van der Waals surface area contributed by atoms with Crippen LogP contribution in [-0.4, -0.2) is 42.4 Å². The van der Waals surface area contributed by atoms with Crippen molar-refractivity contribution in [3.63, 3.8) is 0 Å². The minimum atomic E-state index is -0.186. The highest BCUT2D eigenvalue weighted by Gasteiger charge is 2.13. The Morgan fingerprint density at radius 3 is 2.39 bits per heavy atom. The second kappa shape index (κ2) is 8.31. The monoisotopic (exact) mass is 314 g/mol. The van der Waals surface area contributed by atoms with E-state index in [0.717, 1.165) is 11.3 Å². The van der Waals surface area contributed by atoms with Crippen molar-refractivity contribution in [2.75, 3.05) is 36.5 Å². The molecule has 0 aliphatic rings. The van der Waals surface area contributed by atoms with Gasteiger partial charge in [0, 0.05) is 18.7 Å². The second-order valence-electron chi connectivity index (χ2n) is 5.28. The maximum absolute atomic E-state index is 12.4. The molecule has 0 fully saturated rings. The number of aryl methyl sites for hydroxylation is 1. The Labute approximate surface area is 136 Å². The number of benzene rings is 2. The van der Waals surface area contributed by atoms with Gasteiger partial charge in [-0.25, -0.2) is 0 Å². The lowest BCUT2D eigenvalue weighted by Gasteiger charge is -2.25. The van der Waals surface area contributed by atoms with Crippen LogP contribution in [0.3, 0.4) is 0 Å². The lowest BCUT2D eigenvalue weighted by atomic mass is 10.1. The molecule has 0 spiro atoms. The van der Waals surface area contributed by atoms with E-state index in [4.69, 9.17) is 0 Å². The van der Waals surface area contributed by atoms with E-state index in [-0.39, 0.29) is 19.1 Å². The van der Waals surface area contributed by atoms with Crippen LogP contribution in [0.2, 0.25) is 0 Å². The predicted octanol–water partition coefficient (Wildman–Crippen LogP) is 2.04. The molecule has 0 aliphatic carbocycles. The van der Waals surface area contributed by atoms with Gasteiger partial charge >= 0.3 is 0 Å². The molecule has 0 saturated carbocycles. The van der Waals surface area contributed by atoms with Crippen molar-refractivity contribution in [1.29, 1.82) is 0 Å². The fourth-order valence-corrected chi connectivity index (χ4v) is 2.43. The van der Waals surface area contributed by atoms with E-state index >= 15 is 0 Å². The first-order valence-corrected chi connectivity index (χ1v) is 7.59. The van der Waals surface area contributed by atoms with E-state index in [2.05, 4.69) is 5.32 Å². The van der Waals surface area contributed by atoms with Gasteiger partial charge in [0.2, 0.25) is 0 Å². The van der Waals surface area contributed by atoms with Crippen LogP contribution in [0.4, 0.5) is 11.4 Å². The summed E-state index contributed by atoms with van der Waals surface area (Å²) < 4.78 is 0. The first kappa shape index (κ1) is 17.0. The molecule has 23 heavy (non-hydrogen) atoms. The van der Waals surface area contributed by atoms with Crippen LogP contribution in [0, 0.1) is 6.92 Å². The van der Waals surface area contributed by atoms with Crippen molar-refractivity contribution in [3.8, 4) is 0 Å². The molecule has 2 aromatic carbocycles. The highest BCUT2D eigenvalue weighted by atomic mass is 16.3. The van der Waals surface area contributed by atoms with Gasteiger partial charge in [0.25, 0.3) is 5.91 Å². The predicted molar refractivity (Wildman–Crippen MR) is 92.0 cm³/mol. The molecule has 3 N–H and O–H groups in total. The van der Waals surface area contributed by atoms with E-state index in [1.165, 1.54) is 0 Å². The smallest absolute Gasteiger partial charge is 0.255 e. The number of aliphatic hydroxyl groups excluding tert-OH is 2. The fraction of sp³-hybridized carbons (Fsp3) is 0.278. The first-order chi connectivity index (χ1) is 11.2. The molecule has 0 bridgehead atoms. The molecule has 0 unspecified atom stereocenters. The molecule has 5 heteroatoms. The number of rotatable bonds is 7. The van der Waals surface area contributed by atoms with Gasteiger partial charge in [0.15, 0.2) is 0 Å². The number of anilines is 2. The summed E-state index contributed by atoms with van der Waals surface area (Å²) in [5.41, 5.74) is 3.04. The largest absolute Gasteiger partial charge is 0.395 e. The van der Waals surface area contributed by atoms with Crippen LogP contribution < -0.4 is 10.2 Å². The van der Waals surface area contributed by atoms with Gasteiger partial charge < -0.3 is 20.4 Å². The van der Waals surface area contributed by atoms with E-state index in [9.17, 15) is 15.0 Å². The third-order valence-corrected chi connectivity index (χ3v) is 3.51. The van der Waals surface area contributed by atoms with Gasteiger partial charge in [-0.15, -0.1) is 0 Å². The number of amides is 1. The van der Waals surface area contributed by atoms with E-state index in [1.54, 1.807) is 6.07 Å². The SMILES string of the molecule is Cc1cccc(C(=O)Nc2ccccc2N(CCO)CCO)c1.